The highest BCUT2D eigenvalue weighted by Crippen LogP contribution is 2.37. The van der Waals surface area contributed by atoms with Gasteiger partial charge in [0.05, 0.1) is 6.10 Å². The average molecular weight is 269 g/mol. The molecule has 2 rings (SSSR count). The molecule has 0 radical (unpaired) electrons. The minimum atomic E-state index is -0.235. The van der Waals surface area contributed by atoms with Gasteiger partial charge in [-0.2, -0.15) is 0 Å². The van der Waals surface area contributed by atoms with Gasteiger partial charge in [-0.15, -0.1) is 0 Å². The number of hydrogen-bond acceptors (Lipinski definition) is 3. The zero-order valence-corrected chi connectivity index (χ0v) is 12.2. The first-order chi connectivity index (χ1) is 9.13. The standard InChI is InChI=1S/C15H27NO3/c1-3-19-10-15(18)16-8-4-5-13(16)12-9-11(2)6-7-14(12)17/h11-14,17H,3-10H2,1-2H3/t11-,12-,13+,14-/m0/s1. The van der Waals surface area contributed by atoms with Crippen LogP contribution in [-0.4, -0.2) is 47.8 Å². The zero-order chi connectivity index (χ0) is 13.8. The SMILES string of the molecule is CCOCC(=O)N1CCC[C@@H]1[C@@H]1C[C@@H](C)CC[C@@H]1O. The number of aliphatic hydroxyl groups excluding tert-OH is 1. The van der Waals surface area contributed by atoms with E-state index in [2.05, 4.69) is 6.92 Å². The fraction of sp³-hybridized carbons (Fsp3) is 0.933. The summed E-state index contributed by atoms with van der Waals surface area (Å²) in [6.07, 6.45) is 4.89. The predicted molar refractivity (Wildman–Crippen MR) is 73.7 cm³/mol. The molecule has 4 heteroatoms. The molecule has 1 aliphatic carbocycles. The van der Waals surface area contributed by atoms with Gasteiger partial charge in [-0.3, -0.25) is 4.79 Å². The molecule has 0 aromatic heterocycles. The Balaban J connectivity index is 1.99. The molecule has 1 saturated carbocycles. The number of ether oxygens (including phenoxy) is 1. The Morgan fingerprint density at radius 1 is 1.37 bits per heavy atom. The van der Waals surface area contributed by atoms with Crippen molar-refractivity contribution in [1.82, 2.24) is 4.90 Å². The molecule has 2 fully saturated rings. The molecule has 4 atom stereocenters. The summed E-state index contributed by atoms with van der Waals surface area (Å²) in [5, 5.41) is 10.3. The molecule has 0 spiro atoms. The molecule has 1 aliphatic heterocycles. The Bertz CT molecular complexity index is 308. The quantitative estimate of drug-likeness (QED) is 0.847. The lowest BCUT2D eigenvalue weighted by molar-refractivity contribution is -0.139. The van der Waals surface area contributed by atoms with Crippen molar-refractivity contribution in [2.45, 2.75) is 58.1 Å². The summed E-state index contributed by atoms with van der Waals surface area (Å²) >= 11 is 0. The molecule has 1 amide bonds. The van der Waals surface area contributed by atoms with Gasteiger partial charge in [0.25, 0.3) is 0 Å². The van der Waals surface area contributed by atoms with Crippen molar-refractivity contribution in [2.75, 3.05) is 19.8 Å². The minimum Gasteiger partial charge on any atom is -0.393 e. The summed E-state index contributed by atoms with van der Waals surface area (Å²) in [6, 6.07) is 0.228. The topological polar surface area (TPSA) is 49.8 Å². The number of aliphatic hydroxyl groups is 1. The van der Waals surface area contributed by atoms with E-state index >= 15 is 0 Å². The van der Waals surface area contributed by atoms with Crippen LogP contribution in [0.2, 0.25) is 0 Å². The molecule has 110 valence electrons. The molecule has 2 aliphatic rings. The van der Waals surface area contributed by atoms with Crippen LogP contribution < -0.4 is 0 Å². The summed E-state index contributed by atoms with van der Waals surface area (Å²) in [7, 11) is 0. The van der Waals surface area contributed by atoms with Gasteiger partial charge in [0, 0.05) is 25.1 Å². The number of carbonyl (C=O) groups is 1. The molecule has 1 saturated heterocycles. The second-order valence-corrected chi connectivity index (χ2v) is 6.08. The van der Waals surface area contributed by atoms with E-state index < -0.39 is 0 Å². The van der Waals surface area contributed by atoms with Crippen LogP contribution in [0.4, 0.5) is 0 Å². The fourth-order valence-electron chi connectivity index (χ4n) is 3.64. The highest BCUT2D eigenvalue weighted by Gasteiger charge is 2.40. The Morgan fingerprint density at radius 2 is 2.16 bits per heavy atom. The van der Waals surface area contributed by atoms with Crippen LogP contribution in [-0.2, 0) is 9.53 Å². The third-order valence-electron chi connectivity index (χ3n) is 4.67. The maximum atomic E-state index is 12.2. The first-order valence-corrected chi connectivity index (χ1v) is 7.68. The summed E-state index contributed by atoms with van der Waals surface area (Å²) in [5.74, 6) is 1.02. The van der Waals surface area contributed by atoms with Crippen molar-refractivity contribution < 1.29 is 14.6 Å². The van der Waals surface area contributed by atoms with Gasteiger partial charge >= 0.3 is 0 Å². The predicted octanol–water partition coefficient (Wildman–Crippen LogP) is 1.81. The Kier molecular flexibility index (Phi) is 5.22. The normalized spacial score (nSPS) is 35.6. The van der Waals surface area contributed by atoms with Crippen LogP contribution in [0, 0.1) is 11.8 Å². The third kappa shape index (κ3) is 3.48. The molecule has 0 bridgehead atoms. The fourth-order valence-corrected chi connectivity index (χ4v) is 3.64. The van der Waals surface area contributed by atoms with E-state index in [-0.39, 0.29) is 30.6 Å². The van der Waals surface area contributed by atoms with E-state index in [0.29, 0.717) is 12.5 Å². The van der Waals surface area contributed by atoms with E-state index in [1.54, 1.807) is 0 Å². The maximum Gasteiger partial charge on any atom is 0.248 e. The van der Waals surface area contributed by atoms with Gasteiger partial charge in [-0.1, -0.05) is 6.92 Å². The summed E-state index contributed by atoms with van der Waals surface area (Å²) in [6.45, 7) is 5.74. The van der Waals surface area contributed by atoms with Gasteiger partial charge in [-0.25, -0.2) is 0 Å². The second kappa shape index (κ2) is 6.71. The van der Waals surface area contributed by atoms with Crippen molar-refractivity contribution in [3.63, 3.8) is 0 Å². The van der Waals surface area contributed by atoms with Gasteiger partial charge in [0.2, 0.25) is 5.91 Å². The van der Waals surface area contributed by atoms with E-state index in [0.717, 1.165) is 38.6 Å². The lowest BCUT2D eigenvalue weighted by atomic mass is 9.76. The second-order valence-electron chi connectivity index (χ2n) is 6.08. The van der Waals surface area contributed by atoms with Crippen LogP contribution in [0.3, 0.4) is 0 Å². The van der Waals surface area contributed by atoms with Crippen molar-refractivity contribution in [3.8, 4) is 0 Å². The van der Waals surface area contributed by atoms with E-state index in [9.17, 15) is 9.90 Å². The number of nitrogens with zero attached hydrogens (tertiary/aromatic N) is 1. The van der Waals surface area contributed by atoms with Crippen molar-refractivity contribution in [2.24, 2.45) is 11.8 Å². The van der Waals surface area contributed by atoms with Crippen molar-refractivity contribution >= 4 is 5.91 Å². The molecular weight excluding hydrogens is 242 g/mol. The van der Waals surface area contributed by atoms with Crippen LogP contribution in [0.1, 0.15) is 46.0 Å². The number of amides is 1. The Labute approximate surface area is 116 Å². The van der Waals surface area contributed by atoms with Gasteiger partial charge in [-0.05, 0) is 44.9 Å². The highest BCUT2D eigenvalue weighted by atomic mass is 16.5. The minimum absolute atomic E-state index is 0.0924. The van der Waals surface area contributed by atoms with Crippen LogP contribution >= 0.6 is 0 Å². The first-order valence-electron chi connectivity index (χ1n) is 7.68. The van der Waals surface area contributed by atoms with Gasteiger partial charge < -0.3 is 14.7 Å². The van der Waals surface area contributed by atoms with Crippen LogP contribution in [0.5, 0.6) is 0 Å². The van der Waals surface area contributed by atoms with E-state index in [4.69, 9.17) is 4.74 Å². The maximum absolute atomic E-state index is 12.2. The van der Waals surface area contributed by atoms with Crippen molar-refractivity contribution in [1.29, 1.82) is 0 Å². The Morgan fingerprint density at radius 3 is 2.89 bits per heavy atom. The summed E-state index contributed by atoms with van der Waals surface area (Å²) in [4.78, 5) is 14.1. The molecule has 4 nitrogen and oxygen atoms in total. The molecular formula is C15H27NO3. The monoisotopic (exact) mass is 269 g/mol. The highest BCUT2D eigenvalue weighted by molar-refractivity contribution is 5.78. The number of hydrogen-bond donors (Lipinski definition) is 1. The van der Waals surface area contributed by atoms with Gasteiger partial charge in [0.1, 0.15) is 6.61 Å². The zero-order valence-electron chi connectivity index (χ0n) is 12.2. The third-order valence-corrected chi connectivity index (χ3v) is 4.67. The largest absolute Gasteiger partial charge is 0.393 e. The first kappa shape index (κ1) is 14.8. The molecule has 0 aromatic carbocycles. The van der Waals surface area contributed by atoms with Crippen LogP contribution in [0.15, 0.2) is 0 Å². The molecule has 1 heterocycles. The van der Waals surface area contributed by atoms with E-state index in [1.807, 2.05) is 11.8 Å². The van der Waals surface area contributed by atoms with E-state index in [1.165, 1.54) is 0 Å². The number of carbonyl (C=O) groups excluding carboxylic acids is 1. The lowest BCUT2D eigenvalue weighted by Gasteiger charge is -2.39. The van der Waals surface area contributed by atoms with Crippen LogP contribution in [0.25, 0.3) is 0 Å². The number of likely N-dealkylation sites (tertiary alicyclic amines) is 1. The summed E-state index contributed by atoms with van der Waals surface area (Å²) in [5.41, 5.74) is 0. The molecule has 0 aromatic rings. The average Bonchev–Trinajstić information content (AvgIpc) is 2.88. The lowest BCUT2D eigenvalue weighted by Crippen LogP contribution is -2.47. The van der Waals surface area contributed by atoms with Crippen molar-refractivity contribution in [3.05, 3.63) is 0 Å². The van der Waals surface area contributed by atoms with Gasteiger partial charge in [0.15, 0.2) is 0 Å². The molecule has 19 heavy (non-hydrogen) atoms. The molecule has 1 N–H and O–H groups in total. The number of rotatable bonds is 4. The summed E-state index contributed by atoms with van der Waals surface area (Å²) < 4.78 is 5.24. The Hall–Kier alpha value is -0.610. The molecule has 0 unspecified atom stereocenters. The smallest absolute Gasteiger partial charge is 0.248 e.